The van der Waals surface area contributed by atoms with E-state index in [0.29, 0.717) is 6.42 Å². The quantitative estimate of drug-likeness (QED) is 0.0246. The van der Waals surface area contributed by atoms with Crippen molar-refractivity contribution < 1.29 is 38.5 Å². The molecule has 0 radical (unpaired) electrons. The van der Waals surface area contributed by atoms with Crippen LogP contribution in [0.5, 0.6) is 0 Å². The summed E-state index contributed by atoms with van der Waals surface area (Å²) in [5, 5.41) is 21.9. The highest BCUT2D eigenvalue weighted by molar-refractivity contribution is 6.13. The molecular weight excluding hydrogens is 695 g/mol. The Hall–Kier alpha value is -5.80. The number of hydrogen-bond donors (Lipinski definition) is 1. The third-order valence-electron chi connectivity index (χ3n) is 10.4. The Morgan fingerprint density at radius 1 is 0.709 bits per heavy atom. The van der Waals surface area contributed by atoms with Gasteiger partial charge in [-0.3, -0.25) is 14.4 Å². The summed E-state index contributed by atoms with van der Waals surface area (Å²) in [5.41, 5.74) is 0.782. The van der Waals surface area contributed by atoms with Crippen molar-refractivity contribution in [3.63, 3.8) is 0 Å². The Labute approximate surface area is 320 Å². The van der Waals surface area contributed by atoms with E-state index in [-0.39, 0.29) is 45.9 Å². The molecule has 3 atom stereocenters. The number of rotatable bonds is 17. The number of oxime groups is 1. The van der Waals surface area contributed by atoms with Crippen LogP contribution in [-0.2, 0) is 40.0 Å². The monoisotopic (exact) mass is 741 g/mol. The van der Waals surface area contributed by atoms with Gasteiger partial charge in [0, 0.05) is 11.1 Å². The van der Waals surface area contributed by atoms with E-state index in [1.165, 1.54) is 0 Å². The fourth-order valence-corrected chi connectivity index (χ4v) is 7.19. The van der Waals surface area contributed by atoms with Gasteiger partial charge in [0.25, 0.3) is 0 Å². The van der Waals surface area contributed by atoms with Crippen molar-refractivity contribution in [2.45, 2.75) is 46.6 Å². The van der Waals surface area contributed by atoms with Gasteiger partial charge in [-0.25, -0.2) is 0 Å². The number of carbonyl (C=O) groups is 3. The minimum Gasteiger partial charge on any atom is -0.463 e. The van der Waals surface area contributed by atoms with Gasteiger partial charge in [-0.05, 0) is 81.4 Å². The molecule has 0 saturated carbocycles. The van der Waals surface area contributed by atoms with Crippen LogP contribution in [0.15, 0.2) is 114 Å². The van der Waals surface area contributed by atoms with E-state index in [9.17, 15) is 19.5 Å². The molecule has 9 heteroatoms. The van der Waals surface area contributed by atoms with E-state index in [4.69, 9.17) is 19.0 Å². The molecule has 9 nitrogen and oxygen atoms in total. The molecule has 0 aliphatic carbocycles. The first-order chi connectivity index (χ1) is 26.7. The van der Waals surface area contributed by atoms with E-state index in [1.54, 1.807) is 20.1 Å². The zero-order chi connectivity index (χ0) is 38.8. The predicted molar refractivity (Wildman–Crippen MR) is 216 cm³/mol. The lowest BCUT2D eigenvalue weighted by molar-refractivity contribution is -0.161. The topological polar surface area (TPSA) is 121 Å². The van der Waals surface area contributed by atoms with Gasteiger partial charge in [-0.1, -0.05) is 116 Å². The smallest absolute Gasteiger partial charge is 0.312 e. The molecule has 0 amide bonds. The maximum absolute atomic E-state index is 13.8. The van der Waals surface area contributed by atoms with E-state index >= 15 is 0 Å². The maximum atomic E-state index is 13.8. The first-order valence-electron chi connectivity index (χ1n) is 18.8. The van der Waals surface area contributed by atoms with E-state index < -0.39 is 35.2 Å². The first-order valence-corrected chi connectivity index (χ1v) is 18.8. The lowest BCUT2D eigenvalue weighted by atomic mass is 9.76. The highest BCUT2D eigenvalue weighted by Crippen LogP contribution is 2.36. The minimum atomic E-state index is -1.06. The van der Waals surface area contributed by atoms with Crippen LogP contribution >= 0.6 is 0 Å². The summed E-state index contributed by atoms with van der Waals surface area (Å²) in [6.07, 6.45) is 2.23. The number of ether oxygens (including phenoxy) is 3. The Morgan fingerprint density at radius 3 is 1.76 bits per heavy atom. The summed E-state index contributed by atoms with van der Waals surface area (Å²) < 4.78 is 16.8. The Kier molecular flexibility index (Phi) is 12.7. The molecule has 0 heterocycles. The number of carbonyl (C=O) groups excluding carboxylic acids is 3. The van der Waals surface area contributed by atoms with Crippen LogP contribution in [0.3, 0.4) is 0 Å². The van der Waals surface area contributed by atoms with Crippen molar-refractivity contribution in [2.75, 3.05) is 26.4 Å². The number of aliphatic hydroxyl groups excluding tert-OH is 1. The standard InChI is InChI=1S/C46H47NO8/c1-4-46(3,45(51)54-30-42-39-19-11-7-15-34(39)27-35-16-8-12-20-40(35)42)28-36(44(50)52-22-21-48)25-31(2)43(49)53-23-24-55-47-29-41-37-17-9-5-13-32(37)26-33-14-6-10-18-38(33)41/h5-20,26-27,29,31,36,48H,4,21-25,28,30H2,1-3H3. The van der Waals surface area contributed by atoms with E-state index in [2.05, 4.69) is 29.4 Å². The molecule has 0 aliphatic heterocycles. The lowest BCUT2D eigenvalue weighted by Crippen LogP contribution is -2.36. The lowest BCUT2D eigenvalue weighted by Gasteiger charge is -2.30. The molecule has 6 aromatic rings. The van der Waals surface area contributed by atoms with Crippen LogP contribution in [0, 0.1) is 17.3 Å². The van der Waals surface area contributed by atoms with Crippen molar-refractivity contribution in [1.29, 1.82) is 0 Å². The molecule has 0 spiro atoms. The van der Waals surface area contributed by atoms with Gasteiger partial charge in [0.05, 0.1) is 30.1 Å². The minimum absolute atomic E-state index is 0.0331. The number of aliphatic hydroxyl groups is 1. The summed E-state index contributed by atoms with van der Waals surface area (Å²) in [7, 11) is 0. The molecule has 0 bridgehead atoms. The second kappa shape index (κ2) is 18.0. The zero-order valence-electron chi connectivity index (χ0n) is 31.5. The molecule has 284 valence electrons. The number of nitrogens with zero attached hydrogens (tertiary/aromatic N) is 1. The summed E-state index contributed by atoms with van der Waals surface area (Å²) in [4.78, 5) is 45.7. The molecule has 6 aromatic carbocycles. The van der Waals surface area contributed by atoms with Gasteiger partial charge in [-0.15, -0.1) is 0 Å². The van der Waals surface area contributed by atoms with Crippen LogP contribution in [0.1, 0.15) is 51.2 Å². The second-order valence-electron chi connectivity index (χ2n) is 14.2. The van der Waals surface area contributed by atoms with E-state index in [0.717, 1.165) is 54.2 Å². The SMILES string of the molecule is CCC(C)(CC(CC(C)C(=O)OCCON=Cc1c2ccccc2cc2ccccc12)C(=O)OCCO)C(=O)OCc1c2ccccc2cc2ccccc12. The second-order valence-corrected chi connectivity index (χ2v) is 14.2. The van der Waals surface area contributed by atoms with Crippen molar-refractivity contribution in [3.8, 4) is 0 Å². The molecule has 0 fully saturated rings. The average molecular weight is 742 g/mol. The fraction of sp³-hybridized carbons (Fsp3) is 0.304. The molecule has 0 aliphatic rings. The average Bonchev–Trinajstić information content (AvgIpc) is 3.21. The summed E-state index contributed by atoms with van der Waals surface area (Å²) in [6.45, 7) is 4.82. The highest BCUT2D eigenvalue weighted by atomic mass is 16.6. The zero-order valence-corrected chi connectivity index (χ0v) is 31.5. The number of hydrogen-bond acceptors (Lipinski definition) is 9. The van der Waals surface area contributed by atoms with Gasteiger partial charge < -0.3 is 24.2 Å². The summed E-state index contributed by atoms with van der Waals surface area (Å²) in [5.74, 6) is -3.09. The van der Waals surface area contributed by atoms with Crippen LogP contribution in [0.25, 0.3) is 43.1 Å². The van der Waals surface area contributed by atoms with E-state index in [1.807, 2.05) is 91.9 Å². The number of benzene rings is 6. The predicted octanol–water partition coefficient (Wildman–Crippen LogP) is 8.92. The van der Waals surface area contributed by atoms with Crippen LogP contribution in [0.4, 0.5) is 0 Å². The van der Waals surface area contributed by atoms with Gasteiger partial charge in [0.2, 0.25) is 0 Å². The first kappa shape index (κ1) is 38.9. The third-order valence-corrected chi connectivity index (χ3v) is 10.4. The maximum Gasteiger partial charge on any atom is 0.312 e. The van der Waals surface area contributed by atoms with Crippen molar-refractivity contribution in [1.82, 2.24) is 0 Å². The largest absolute Gasteiger partial charge is 0.463 e. The number of fused-ring (bicyclic) bond motifs is 4. The Balaban J connectivity index is 1.07. The normalized spacial score (nSPS) is 13.8. The van der Waals surface area contributed by atoms with Crippen molar-refractivity contribution in [3.05, 3.63) is 120 Å². The molecule has 0 aromatic heterocycles. The van der Waals surface area contributed by atoms with Gasteiger partial charge in [0.15, 0.2) is 6.61 Å². The summed E-state index contributed by atoms with van der Waals surface area (Å²) >= 11 is 0. The van der Waals surface area contributed by atoms with Crippen LogP contribution < -0.4 is 0 Å². The van der Waals surface area contributed by atoms with Gasteiger partial charge in [0.1, 0.15) is 19.8 Å². The van der Waals surface area contributed by atoms with Crippen molar-refractivity contribution in [2.24, 2.45) is 22.4 Å². The molecule has 55 heavy (non-hydrogen) atoms. The Bertz CT molecular complexity index is 2230. The molecule has 3 unspecified atom stereocenters. The fourth-order valence-electron chi connectivity index (χ4n) is 7.19. The molecule has 6 rings (SSSR count). The molecular formula is C46H47NO8. The van der Waals surface area contributed by atoms with Crippen LogP contribution in [-0.4, -0.2) is 55.7 Å². The number of esters is 3. The van der Waals surface area contributed by atoms with Crippen LogP contribution in [0.2, 0.25) is 0 Å². The van der Waals surface area contributed by atoms with Gasteiger partial charge in [-0.2, -0.15) is 0 Å². The molecule has 0 saturated heterocycles. The summed E-state index contributed by atoms with van der Waals surface area (Å²) in [6, 6.07) is 36.4. The van der Waals surface area contributed by atoms with Gasteiger partial charge >= 0.3 is 17.9 Å². The Morgan fingerprint density at radius 2 is 1.22 bits per heavy atom. The van der Waals surface area contributed by atoms with Crippen molar-refractivity contribution >= 4 is 67.2 Å². The molecule has 1 N–H and O–H groups in total. The third kappa shape index (κ3) is 9.12. The highest BCUT2D eigenvalue weighted by Gasteiger charge is 2.40.